The van der Waals surface area contributed by atoms with Gasteiger partial charge in [0, 0.05) is 35.6 Å². The molecule has 2 fully saturated rings. The quantitative estimate of drug-likeness (QED) is 0.869. The first-order chi connectivity index (χ1) is 12.6. The van der Waals surface area contributed by atoms with Gasteiger partial charge < -0.3 is 10.6 Å². The summed E-state index contributed by atoms with van der Waals surface area (Å²) < 4.78 is 0. The summed E-state index contributed by atoms with van der Waals surface area (Å²) in [7, 11) is 0. The predicted octanol–water partition coefficient (Wildman–Crippen LogP) is 4.45. The Kier molecular flexibility index (Phi) is 5.01. The molecular formula is C22H25ClN2O. The van der Waals surface area contributed by atoms with E-state index in [4.69, 9.17) is 17.3 Å². The number of carbonyl (C=O) groups excluding carboxylic acids is 1. The van der Waals surface area contributed by atoms with Gasteiger partial charge in [-0.1, -0.05) is 54.1 Å². The Labute approximate surface area is 160 Å². The van der Waals surface area contributed by atoms with Crippen LogP contribution in [0.15, 0.2) is 48.5 Å². The highest BCUT2D eigenvalue weighted by atomic mass is 35.5. The normalized spacial score (nSPS) is 25.6. The summed E-state index contributed by atoms with van der Waals surface area (Å²) in [4.78, 5) is 15.0. The molecule has 3 unspecified atom stereocenters. The lowest BCUT2D eigenvalue weighted by molar-refractivity contribution is -0.132. The molecule has 2 aliphatic rings. The Morgan fingerprint density at radius 1 is 1.04 bits per heavy atom. The topological polar surface area (TPSA) is 46.3 Å². The van der Waals surface area contributed by atoms with E-state index >= 15 is 0 Å². The van der Waals surface area contributed by atoms with Crippen molar-refractivity contribution in [3.63, 3.8) is 0 Å². The highest BCUT2D eigenvalue weighted by Crippen LogP contribution is 2.52. The number of nitrogens with two attached hydrogens (primary N) is 1. The average Bonchev–Trinajstić information content (AvgIpc) is 3.46. The molecule has 1 saturated carbocycles. The van der Waals surface area contributed by atoms with E-state index < -0.39 is 0 Å². The van der Waals surface area contributed by atoms with E-state index in [2.05, 4.69) is 18.2 Å². The summed E-state index contributed by atoms with van der Waals surface area (Å²) in [6, 6.07) is 16.5. The van der Waals surface area contributed by atoms with E-state index in [9.17, 15) is 4.79 Å². The summed E-state index contributed by atoms with van der Waals surface area (Å²) in [5.41, 5.74) is 9.45. The van der Waals surface area contributed by atoms with Crippen molar-refractivity contribution in [2.24, 2.45) is 11.7 Å². The minimum absolute atomic E-state index is 0.0882. The van der Waals surface area contributed by atoms with Crippen LogP contribution in [-0.2, 0) is 4.79 Å². The van der Waals surface area contributed by atoms with Crippen LogP contribution in [-0.4, -0.2) is 29.9 Å². The summed E-state index contributed by atoms with van der Waals surface area (Å²) in [6.07, 6.45) is 3.86. The number of benzene rings is 2. The fourth-order valence-electron chi connectivity index (χ4n) is 4.15. The second-order valence-corrected chi connectivity index (χ2v) is 7.94. The molecule has 3 atom stereocenters. The molecule has 2 aromatic rings. The fourth-order valence-corrected chi connectivity index (χ4v) is 4.44. The lowest BCUT2D eigenvalue weighted by atomic mass is 9.95. The first-order valence-corrected chi connectivity index (χ1v) is 9.91. The van der Waals surface area contributed by atoms with Crippen molar-refractivity contribution in [1.29, 1.82) is 0 Å². The van der Waals surface area contributed by atoms with Crippen LogP contribution in [0.2, 0.25) is 5.02 Å². The Bertz CT molecular complexity index is 792. The van der Waals surface area contributed by atoms with Crippen LogP contribution in [0.3, 0.4) is 0 Å². The van der Waals surface area contributed by atoms with Gasteiger partial charge in [-0.05, 0) is 48.8 Å². The monoisotopic (exact) mass is 368 g/mol. The highest BCUT2D eigenvalue weighted by Gasteiger charge is 2.46. The van der Waals surface area contributed by atoms with Crippen molar-refractivity contribution in [3.05, 3.63) is 59.1 Å². The Morgan fingerprint density at radius 2 is 1.85 bits per heavy atom. The van der Waals surface area contributed by atoms with Crippen molar-refractivity contribution in [1.82, 2.24) is 4.90 Å². The Morgan fingerprint density at radius 3 is 2.65 bits per heavy atom. The largest absolute Gasteiger partial charge is 0.342 e. The minimum atomic E-state index is 0.0882. The second kappa shape index (κ2) is 7.42. The average molecular weight is 369 g/mol. The number of rotatable bonds is 3. The van der Waals surface area contributed by atoms with E-state index in [1.54, 1.807) is 0 Å². The first-order valence-electron chi connectivity index (χ1n) is 9.53. The minimum Gasteiger partial charge on any atom is -0.342 e. The number of hydrogen-bond donors (Lipinski definition) is 1. The predicted molar refractivity (Wildman–Crippen MR) is 106 cm³/mol. The maximum Gasteiger partial charge on any atom is 0.226 e. The molecule has 136 valence electrons. The Balaban J connectivity index is 1.55. The molecule has 2 aromatic carbocycles. The van der Waals surface area contributed by atoms with Crippen molar-refractivity contribution in [3.8, 4) is 11.1 Å². The summed E-state index contributed by atoms with van der Waals surface area (Å²) in [5, 5.41) is 0.757. The first kappa shape index (κ1) is 17.6. The molecule has 0 aromatic heterocycles. The molecule has 2 N–H and O–H groups in total. The molecular weight excluding hydrogens is 344 g/mol. The van der Waals surface area contributed by atoms with Gasteiger partial charge in [-0.25, -0.2) is 0 Å². The molecule has 3 nitrogen and oxygen atoms in total. The summed E-state index contributed by atoms with van der Waals surface area (Å²) in [6.45, 7) is 1.64. The van der Waals surface area contributed by atoms with E-state index in [0.717, 1.165) is 54.9 Å². The number of nitrogens with zero attached hydrogens (tertiary/aromatic N) is 1. The van der Waals surface area contributed by atoms with Gasteiger partial charge in [0.15, 0.2) is 0 Å². The van der Waals surface area contributed by atoms with Gasteiger partial charge in [-0.15, -0.1) is 0 Å². The highest BCUT2D eigenvalue weighted by molar-refractivity contribution is 6.33. The molecule has 1 amide bonds. The molecule has 4 rings (SSSR count). The van der Waals surface area contributed by atoms with E-state index in [1.165, 1.54) is 5.56 Å². The molecule has 0 bridgehead atoms. The molecule has 0 spiro atoms. The van der Waals surface area contributed by atoms with Crippen LogP contribution in [0.25, 0.3) is 11.1 Å². The third-order valence-electron chi connectivity index (χ3n) is 5.70. The van der Waals surface area contributed by atoms with Gasteiger partial charge in [0.1, 0.15) is 0 Å². The van der Waals surface area contributed by atoms with Gasteiger partial charge in [0.25, 0.3) is 0 Å². The standard InChI is InChI=1S/C22H25ClN2O/c23-20-10-4-9-17(21(20)15-6-2-1-3-7-15)18-14-19(18)22(26)25-12-5-8-16(24)11-13-25/h1-4,6-7,9-10,16,18-19H,5,8,11-14,24H2. The molecule has 1 heterocycles. The molecule has 1 aliphatic carbocycles. The second-order valence-electron chi connectivity index (χ2n) is 7.54. The zero-order valence-electron chi connectivity index (χ0n) is 14.9. The van der Waals surface area contributed by atoms with Crippen molar-refractivity contribution < 1.29 is 4.79 Å². The molecule has 26 heavy (non-hydrogen) atoms. The smallest absolute Gasteiger partial charge is 0.226 e. The van der Waals surface area contributed by atoms with E-state index in [1.807, 2.05) is 35.2 Å². The Hall–Kier alpha value is -1.84. The van der Waals surface area contributed by atoms with Crippen LogP contribution < -0.4 is 5.73 Å². The fraction of sp³-hybridized carbons (Fsp3) is 0.409. The summed E-state index contributed by atoms with van der Waals surface area (Å²) >= 11 is 6.54. The molecule has 4 heteroatoms. The van der Waals surface area contributed by atoms with Gasteiger partial charge in [-0.2, -0.15) is 0 Å². The molecule has 0 radical (unpaired) electrons. The van der Waals surface area contributed by atoms with Gasteiger partial charge in [0.2, 0.25) is 5.91 Å². The van der Waals surface area contributed by atoms with Gasteiger partial charge in [0.05, 0.1) is 0 Å². The zero-order valence-corrected chi connectivity index (χ0v) is 15.7. The lowest BCUT2D eigenvalue weighted by Crippen LogP contribution is -2.34. The van der Waals surface area contributed by atoms with Crippen LogP contribution >= 0.6 is 11.6 Å². The van der Waals surface area contributed by atoms with E-state index in [-0.39, 0.29) is 17.9 Å². The number of likely N-dealkylation sites (tertiary alicyclic amines) is 1. The third-order valence-corrected chi connectivity index (χ3v) is 6.01. The molecule has 1 saturated heterocycles. The maximum absolute atomic E-state index is 13.0. The number of carbonyl (C=O) groups is 1. The lowest BCUT2D eigenvalue weighted by Gasteiger charge is -2.21. The van der Waals surface area contributed by atoms with Gasteiger partial charge >= 0.3 is 0 Å². The SMILES string of the molecule is NC1CCCN(C(=O)C2CC2c2cccc(Cl)c2-c2ccccc2)CC1. The van der Waals surface area contributed by atoms with Crippen LogP contribution in [0.1, 0.15) is 37.2 Å². The zero-order chi connectivity index (χ0) is 18.1. The maximum atomic E-state index is 13.0. The summed E-state index contributed by atoms with van der Waals surface area (Å²) in [5.74, 6) is 0.654. The van der Waals surface area contributed by atoms with Crippen LogP contribution in [0.4, 0.5) is 0 Å². The number of halogens is 1. The van der Waals surface area contributed by atoms with Crippen molar-refractivity contribution >= 4 is 17.5 Å². The number of hydrogen-bond acceptors (Lipinski definition) is 2. The van der Waals surface area contributed by atoms with Gasteiger partial charge in [-0.3, -0.25) is 4.79 Å². The van der Waals surface area contributed by atoms with E-state index in [0.29, 0.717) is 5.91 Å². The molecule has 1 aliphatic heterocycles. The van der Waals surface area contributed by atoms with Crippen LogP contribution in [0.5, 0.6) is 0 Å². The van der Waals surface area contributed by atoms with Crippen molar-refractivity contribution in [2.45, 2.75) is 37.6 Å². The van der Waals surface area contributed by atoms with Crippen LogP contribution in [0, 0.1) is 5.92 Å². The third kappa shape index (κ3) is 3.51. The van der Waals surface area contributed by atoms with Crippen molar-refractivity contribution in [2.75, 3.05) is 13.1 Å². The number of amides is 1.